The molecule has 0 aliphatic rings. The monoisotopic (exact) mass is 312 g/mol. The van der Waals surface area contributed by atoms with Gasteiger partial charge in [-0.3, -0.25) is 4.79 Å². The molecule has 4 heteroatoms. The highest BCUT2D eigenvalue weighted by Crippen LogP contribution is 2.39. The first kappa shape index (κ1) is 20.3. The highest BCUT2D eigenvalue weighted by Gasteiger charge is 2.41. The number of aldehydes is 1. The van der Waals surface area contributed by atoms with Crippen molar-refractivity contribution in [2.45, 2.75) is 65.0 Å². The Morgan fingerprint density at radius 3 is 2.14 bits per heavy atom. The van der Waals surface area contributed by atoms with Gasteiger partial charge in [0.15, 0.2) is 8.32 Å². The van der Waals surface area contributed by atoms with Crippen molar-refractivity contribution in [2.24, 2.45) is 5.92 Å². The molecular weight excluding hydrogens is 280 g/mol. The van der Waals surface area contributed by atoms with Crippen molar-refractivity contribution in [3.63, 3.8) is 0 Å². The second kappa shape index (κ2) is 8.06. The fourth-order valence-corrected chi connectivity index (χ4v) is 3.29. The number of carbonyl (C=O) groups is 1. The van der Waals surface area contributed by atoms with Gasteiger partial charge < -0.3 is 9.16 Å². The molecule has 0 heterocycles. The molecule has 1 unspecified atom stereocenters. The van der Waals surface area contributed by atoms with E-state index < -0.39 is 8.32 Å². The van der Waals surface area contributed by atoms with Gasteiger partial charge in [0, 0.05) is 13.0 Å². The summed E-state index contributed by atoms with van der Waals surface area (Å²) in [6, 6.07) is 0. The Kier molecular flexibility index (Phi) is 7.79. The molecule has 0 aromatic carbocycles. The standard InChI is InChI=1S/C17H32O3Si/c1-10-15(19-7)16(14(3)11-13(2)12-18)20-21(8,9)17(4,5)6/h10-12,14-16H,1H2,2-9H3/b13-11-/t14?,15-,16-/m0/s1. The third kappa shape index (κ3) is 5.89. The summed E-state index contributed by atoms with van der Waals surface area (Å²) in [6.45, 7) is 18.8. The minimum absolute atomic E-state index is 0.0762. The average molecular weight is 313 g/mol. The maximum atomic E-state index is 10.9. The molecule has 0 spiro atoms. The quantitative estimate of drug-likeness (QED) is 0.289. The van der Waals surface area contributed by atoms with Crippen molar-refractivity contribution in [1.29, 1.82) is 0 Å². The van der Waals surface area contributed by atoms with Crippen molar-refractivity contribution >= 4 is 14.6 Å². The summed E-state index contributed by atoms with van der Waals surface area (Å²) in [5.41, 5.74) is 0.713. The Morgan fingerprint density at radius 2 is 1.81 bits per heavy atom. The maximum absolute atomic E-state index is 10.9. The Balaban J connectivity index is 5.44. The predicted molar refractivity (Wildman–Crippen MR) is 92.0 cm³/mol. The van der Waals surface area contributed by atoms with E-state index in [2.05, 4.69) is 47.4 Å². The number of allylic oxidation sites excluding steroid dienone is 1. The van der Waals surface area contributed by atoms with E-state index in [1.807, 2.05) is 13.0 Å². The molecule has 122 valence electrons. The lowest BCUT2D eigenvalue weighted by molar-refractivity contribution is -0.104. The molecular formula is C17H32O3Si. The summed E-state index contributed by atoms with van der Waals surface area (Å²) in [6.07, 6.45) is 4.27. The van der Waals surface area contributed by atoms with E-state index >= 15 is 0 Å². The molecule has 0 bridgehead atoms. The second-order valence-corrected chi connectivity index (χ2v) is 11.9. The van der Waals surface area contributed by atoms with Crippen LogP contribution in [0.15, 0.2) is 24.3 Å². The molecule has 0 aromatic rings. The number of carbonyl (C=O) groups excluding carboxylic acids is 1. The smallest absolute Gasteiger partial charge is 0.192 e. The van der Waals surface area contributed by atoms with E-state index in [0.717, 1.165) is 6.29 Å². The van der Waals surface area contributed by atoms with Crippen LogP contribution in [0.25, 0.3) is 0 Å². The van der Waals surface area contributed by atoms with Gasteiger partial charge in [-0.05, 0) is 30.6 Å². The van der Waals surface area contributed by atoms with Crippen molar-refractivity contribution in [3.8, 4) is 0 Å². The number of hydrogen-bond donors (Lipinski definition) is 0. The maximum Gasteiger partial charge on any atom is 0.192 e. The SMILES string of the molecule is C=C[C@H](OC)[C@@H](O[Si](C)(C)C(C)(C)C)C(C)/C=C(/C)C=O. The minimum atomic E-state index is -1.93. The summed E-state index contributed by atoms with van der Waals surface area (Å²) in [4.78, 5) is 10.9. The fourth-order valence-electron chi connectivity index (χ4n) is 1.90. The van der Waals surface area contributed by atoms with Crippen molar-refractivity contribution in [3.05, 3.63) is 24.3 Å². The molecule has 0 radical (unpaired) electrons. The molecule has 0 aliphatic heterocycles. The first-order chi connectivity index (χ1) is 9.50. The van der Waals surface area contributed by atoms with Crippen molar-refractivity contribution < 1.29 is 14.0 Å². The van der Waals surface area contributed by atoms with E-state index in [1.165, 1.54) is 0 Å². The summed E-state index contributed by atoms with van der Waals surface area (Å²) >= 11 is 0. The Labute approximate surface area is 131 Å². The van der Waals surface area contributed by atoms with Gasteiger partial charge in [-0.15, -0.1) is 6.58 Å². The summed E-state index contributed by atoms with van der Waals surface area (Å²) in [5, 5.41) is 0.119. The van der Waals surface area contributed by atoms with E-state index in [4.69, 9.17) is 9.16 Å². The van der Waals surface area contributed by atoms with Gasteiger partial charge in [0.2, 0.25) is 0 Å². The van der Waals surface area contributed by atoms with E-state index in [9.17, 15) is 4.79 Å². The highest BCUT2D eigenvalue weighted by molar-refractivity contribution is 6.74. The van der Waals surface area contributed by atoms with Crippen molar-refractivity contribution in [1.82, 2.24) is 0 Å². The average Bonchev–Trinajstić information content (AvgIpc) is 2.37. The molecule has 0 saturated heterocycles. The van der Waals surface area contributed by atoms with E-state index in [-0.39, 0.29) is 23.2 Å². The van der Waals surface area contributed by atoms with Crippen LogP contribution in [0.5, 0.6) is 0 Å². The van der Waals surface area contributed by atoms with E-state index in [0.29, 0.717) is 5.57 Å². The number of hydrogen-bond acceptors (Lipinski definition) is 3. The van der Waals surface area contributed by atoms with Crippen molar-refractivity contribution in [2.75, 3.05) is 7.11 Å². The highest BCUT2D eigenvalue weighted by atomic mass is 28.4. The van der Waals surface area contributed by atoms with Crippen LogP contribution < -0.4 is 0 Å². The molecule has 21 heavy (non-hydrogen) atoms. The first-order valence-electron chi connectivity index (χ1n) is 7.47. The Morgan fingerprint density at radius 1 is 1.29 bits per heavy atom. The van der Waals surface area contributed by atoms with Gasteiger partial charge in [-0.25, -0.2) is 0 Å². The van der Waals surface area contributed by atoms with Crippen LogP contribution in [-0.2, 0) is 14.0 Å². The summed E-state index contributed by atoms with van der Waals surface area (Å²) in [7, 11) is -0.269. The molecule has 0 saturated carbocycles. The van der Waals surface area contributed by atoms with Gasteiger partial charge >= 0.3 is 0 Å². The van der Waals surface area contributed by atoms with Gasteiger partial charge in [0.25, 0.3) is 0 Å². The van der Waals surface area contributed by atoms with E-state index in [1.54, 1.807) is 13.2 Å². The molecule has 0 rings (SSSR count). The normalized spacial score (nSPS) is 18.0. The molecule has 0 amide bonds. The molecule has 3 atom stereocenters. The molecule has 0 aliphatic carbocycles. The third-order valence-electron chi connectivity index (χ3n) is 4.30. The fraction of sp³-hybridized carbons (Fsp3) is 0.706. The zero-order valence-corrected chi connectivity index (χ0v) is 15.9. The molecule has 0 fully saturated rings. The Hall–Kier alpha value is -0.713. The zero-order chi connectivity index (χ0) is 16.8. The van der Waals surface area contributed by atoms with Crippen LogP contribution in [0.4, 0.5) is 0 Å². The van der Waals surface area contributed by atoms with Crippen LogP contribution in [0.3, 0.4) is 0 Å². The summed E-state index contributed by atoms with van der Waals surface area (Å²) < 4.78 is 12.1. The minimum Gasteiger partial charge on any atom is -0.410 e. The Bertz CT molecular complexity index is 380. The topological polar surface area (TPSA) is 35.5 Å². The zero-order valence-electron chi connectivity index (χ0n) is 14.9. The van der Waals surface area contributed by atoms with Crippen LogP contribution >= 0.6 is 0 Å². The van der Waals surface area contributed by atoms with Crippen LogP contribution in [0.1, 0.15) is 34.6 Å². The van der Waals surface area contributed by atoms with Crippen LogP contribution in [0, 0.1) is 5.92 Å². The predicted octanol–water partition coefficient (Wildman–Crippen LogP) is 4.36. The lowest BCUT2D eigenvalue weighted by atomic mass is 9.97. The number of methoxy groups -OCH3 is 1. The lowest BCUT2D eigenvalue weighted by Gasteiger charge is -2.42. The molecule has 0 aromatic heterocycles. The van der Waals surface area contributed by atoms with Gasteiger partial charge in [0.1, 0.15) is 12.4 Å². The first-order valence-corrected chi connectivity index (χ1v) is 10.4. The number of ether oxygens (including phenoxy) is 1. The third-order valence-corrected chi connectivity index (χ3v) is 8.77. The van der Waals surface area contributed by atoms with Gasteiger partial charge in [-0.2, -0.15) is 0 Å². The second-order valence-electron chi connectivity index (χ2n) is 7.17. The largest absolute Gasteiger partial charge is 0.410 e. The molecule has 3 nitrogen and oxygen atoms in total. The number of rotatable bonds is 8. The van der Waals surface area contributed by atoms with Crippen LogP contribution in [0.2, 0.25) is 18.1 Å². The molecule has 0 N–H and O–H groups in total. The lowest BCUT2D eigenvalue weighted by Crippen LogP contribution is -2.49. The summed E-state index contributed by atoms with van der Waals surface area (Å²) in [5.74, 6) is 0.0762. The van der Waals surface area contributed by atoms with Gasteiger partial charge in [0.05, 0.1) is 6.10 Å². The van der Waals surface area contributed by atoms with Crippen LogP contribution in [-0.4, -0.2) is 33.9 Å². The van der Waals surface area contributed by atoms with Gasteiger partial charge in [-0.1, -0.05) is 39.8 Å².